The maximum atomic E-state index is 10.4. The maximum Gasteiger partial charge on any atom is 0.0783 e. The Morgan fingerprint density at radius 2 is 1.58 bits per heavy atom. The predicted octanol–water partition coefficient (Wildman–Crippen LogP) is 3.49. The highest BCUT2D eigenvalue weighted by atomic mass is 16.3. The molecule has 0 aliphatic heterocycles. The fourth-order valence-corrected chi connectivity index (χ4v) is 1.98. The van der Waals surface area contributed by atoms with Crippen LogP contribution in [0.4, 0.5) is 0 Å². The molecule has 0 bridgehead atoms. The Labute approximate surface area is 118 Å². The van der Waals surface area contributed by atoms with Crippen molar-refractivity contribution in [2.24, 2.45) is 0 Å². The zero-order valence-electron chi connectivity index (χ0n) is 13.2. The first-order valence-corrected chi connectivity index (χ1v) is 7.15. The van der Waals surface area contributed by atoms with Crippen LogP contribution in [0.5, 0.6) is 0 Å². The summed E-state index contributed by atoms with van der Waals surface area (Å²) in [5, 5.41) is 13.8. The number of hydrogen-bond acceptors (Lipinski definition) is 2. The number of aliphatic hydroxyl groups is 1. The van der Waals surface area contributed by atoms with Crippen LogP contribution in [0.1, 0.15) is 58.6 Å². The molecule has 2 N–H and O–H groups in total. The second-order valence-corrected chi connectivity index (χ2v) is 7.17. The van der Waals surface area contributed by atoms with Crippen molar-refractivity contribution in [3.8, 4) is 0 Å². The smallest absolute Gasteiger partial charge is 0.0783 e. The van der Waals surface area contributed by atoms with Crippen molar-refractivity contribution >= 4 is 0 Å². The van der Waals surface area contributed by atoms with Gasteiger partial charge in [-0.1, -0.05) is 38.1 Å². The minimum absolute atomic E-state index is 0.0332. The molecule has 0 aliphatic rings. The lowest BCUT2D eigenvalue weighted by molar-refractivity contribution is 0.0535. The van der Waals surface area contributed by atoms with Gasteiger partial charge in [0.1, 0.15) is 0 Å². The van der Waals surface area contributed by atoms with Crippen molar-refractivity contribution < 1.29 is 5.11 Å². The minimum atomic E-state index is -0.716. The van der Waals surface area contributed by atoms with Crippen LogP contribution in [-0.2, 0) is 6.42 Å². The minimum Gasteiger partial charge on any atom is -0.389 e. The van der Waals surface area contributed by atoms with Gasteiger partial charge in [0.25, 0.3) is 0 Å². The van der Waals surface area contributed by atoms with E-state index in [0.717, 1.165) is 0 Å². The third-order valence-corrected chi connectivity index (χ3v) is 3.23. The topological polar surface area (TPSA) is 32.3 Å². The van der Waals surface area contributed by atoms with E-state index in [2.05, 4.69) is 64.2 Å². The second kappa shape index (κ2) is 6.06. The lowest BCUT2D eigenvalue weighted by Crippen LogP contribution is -2.47. The van der Waals surface area contributed by atoms with Gasteiger partial charge in [0.15, 0.2) is 0 Å². The molecule has 2 nitrogen and oxygen atoms in total. The van der Waals surface area contributed by atoms with Crippen LogP contribution in [0.2, 0.25) is 0 Å². The van der Waals surface area contributed by atoms with E-state index in [0.29, 0.717) is 18.9 Å². The van der Waals surface area contributed by atoms with Gasteiger partial charge >= 0.3 is 0 Å². The Kier molecular flexibility index (Phi) is 5.17. The first-order chi connectivity index (χ1) is 8.59. The van der Waals surface area contributed by atoms with Crippen LogP contribution in [0.3, 0.4) is 0 Å². The van der Waals surface area contributed by atoms with Gasteiger partial charge in [-0.3, -0.25) is 0 Å². The molecule has 0 heterocycles. The third kappa shape index (κ3) is 6.22. The number of β-amino-alcohol motifs (C(OH)–C–C–N with tert-alkyl or cyclic N) is 1. The summed E-state index contributed by atoms with van der Waals surface area (Å²) in [4.78, 5) is 0. The highest BCUT2D eigenvalue weighted by Crippen LogP contribution is 2.18. The SMILES string of the molecule is CC(C)c1ccc(CC(C)(O)CNC(C)(C)C)cc1. The highest BCUT2D eigenvalue weighted by molar-refractivity contribution is 5.25. The van der Waals surface area contributed by atoms with Gasteiger partial charge in [-0.25, -0.2) is 0 Å². The maximum absolute atomic E-state index is 10.4. The van der Waals surface area contributed by atoms with Crippen LogP contribution in [0, 0.1) is 0 Å². The zero-order chi connectivity index (χ0) is 14.7. The Bertz CT molecular complexity index is 385. The van der Waals surface area contributed by atoms with Gasteiger partial charge < -0.3 is 10.4 Å². The number of hydrogen-bond donors (Lipinski definition) is 2. The molecular weight excluding hydrogens is 234 g/mol. The lowest BCUT2D eigenvalue weighted by atomic mass is 9.93. The normalized spacial score (nSPS) is 15.6. The first-order valence-electron chi connectivity index (χ1n) is 7.15. The fraction of sp³-hybridized carbons (Fsp3) is 0.647. The van der Waals surface area contributed by atoms with E-state index in [-0.39, 0.29) is 5.54 Å². The summed E-state index contributed by atoms with van der Waals surface area (Å²) in [7, 11) is 0. The molecule has 1 atom stereocenters. The Balaban J connectivity index is 2.62. The average molecular weight is 263 g/mol. The molecule has 1 unspecified atom stereocenters. The van der Waals surface area contributed by atoms with Crippen LogP contribution in [-0.4, -0.2) is 22.8 Å². The van der Waals surface area contributed by atoms with E-state index in [1.807, 2.05) is 6.92 Å². The van der Waals surface area contributed by atoms with Crippen molar-refractivity contribution in [1.29, 1.82) is 0 Å². The largest absolute Gasteiger partial charge is 0.389 e. The molecule has 1 rings (SSSR count). The number of nitrogens with one attached hydrogen (secondary N) is 1. The molecule has 108 valence electrons. The standard InChI is InChI=1S/C17H29NO/c1-13(2)15-9-7-14(8-10-15)11-17(6,19)12-18-16(3,4)5/h7-10,13,18-19H,11-12H2,1-6H3. The van der Waals surface area contributed by atoms with Gasteiger partial charge in [0.05, 0.1) is 5.60 Å². The number of rotatable bonds is 5. The average Bonchev–Trinajstić information content (AvgIpc) is 2.26. The molecule has 0 fully saturated rings. The second-order valence-electron chi connectivity index (χ2n) is 7.17. The summed E-state index contributed by atoms with van der Waals surface area (Å²) in [5.74, 6) is 0.553. The Morgan fingerprint density at radius 3 is 2.00 bits per heavy atom. The van der Waals surface area contributed by atoms with Crippen molar-refractivity contribution in [3.63, 3.8) is 0 Å². The number of benzene rings is 1. The first kappa shape index (κ1) is 16.2. The summed E-state index contributed by atoms with van der Waals surface area (Å²) >= 11 is 0. The molecule has 1 aromatic rings. The summed E-state index contributed by atoms with van der Waals surface area (Å²) < 4.78 is 0. The third-order valence-electron chi connectivity index (χ3n) is 3.23. The van der Waals surface area contributed by atoms with Crippen LogP contribution >= 0.6 is 0 Å². The summed E-state index contributed by atoms with van der Waals surface area (Å²) in [6.07, 6.45) is 0.675. The van der Waals surface area contributed by atoms with E-state index in [1.54, 1.807) is 0 Å². The van der Waals surface area contributed by atoms with E-state index < -0.39 is 5.60 Å². The van der Waals surface area contributed by atoms with Crippen LogP contribution in [0.15, 0.2) is 24.3 Å². The van der Waals surface area contributed by atoms with E-state index in [4.69, 9.17) is 0 Å². The van der Waals surface area contributed by atoms with Crippen molar-refractivity contribution in [2.75, 3.05) is 6.54 Å². The molecule has 0 saturated heterocycles. The molecule has 0 saturated carbocycles. The molecule has 0 aliphatic carbocycles. The molecular formula is C17H29NO. The van der Waals surface area contributed by atoms with E-state index in [9.17, 15) is 5.11 Å². The fourth-order valence-electron chi connectivity index (χ4n) is 1.98. The molecule has 0 radical (unpaired) electrons. The molecule has 1 aromatic carbocycles. The summed E-state index contributed by atoms with van der Waals surface area (Å²) in [5.41, 5.74) is 1.85. The van der Waals surface area contributed by atoms with Gasteiger partial charge in [-0.05, 0) is 44.7 Å². The molecule has 19 heavy (non-hydrogen) atoms. The Hall–Kier alpha value is -0.860. The van der Waals surface area contributed by atoms with E-state index in [1.165, 1.54) is 11.1 Å². The molecule has 0 amide bonds. The van der Waals surface area contributed by atoms with Gasteiger partial charge in [-0.15, -0.1) is 0 Å². The monoisotopic (exact) mass is 263 g/mol. The summed E-state index contributed by atoms with van der Waals surface area (Å²) in [6.45, 7) is 13.2. The van der Waals surface area contributed by atoms with Gasteiger partial charge in [0.2, 0.25) is 0 Å². The quantitative estimate of drug-likeness (QED) is 0.852. The van der Waals surface area contributed by atoms with Crippen molar-refractivity contribution in [2.45, 2.75) is 65.0 Å². The zero-order valence-corrected chi connectivity index (χ0v) is 13.2. The predicted molar refractivity (Wildman–Crippen MR) is 82.6 cm³/mol. The van der Waals surface area contributed by atoms with Gasteiger partial charge in [0, 0.05) is 18.5 Å². The Morgan fingerprint density at radius 1 is 1.05 bits per heavy atom. The van der Waals surface area contributed by atoms with Crippen LogP contribution < -0.4 is 5.32 Å². The van der Waals surface area contributed by atoms with E-state index >= 15 is 0 Å². The summed E-state index contributed by atoms with van der Waals surface area (Å²) in [6, 6.07) is 8.57. The highest BCUT2D eigenvalue weighted by Gasteiger charge is 2.23. The molecule has 0 spiro atoms. The van der Waals surface area contributed by atoms with Crippen LogP contribution in [0.25, 0.3) is 0 Å². The van der Waals surface area contributed by atoms with Gasteiger partial charge in [-0.2, -0.15) is 0 Å². The molecule has 2 heteroatoms. The van der Waals surface area contributed by atoms with Crippen molar-refractivity contribution in [1.82, 2.24) is 5.32 Å². The molecule has 0 aromatic heterocycles. The lowest BCUT2D eigenvalue weighted by Gasteiger charge is -2.29. The van der Waals surface area contributed by atoms with Crippen molar-refractivity contribution in [3.05, 3.63) is 35.4 Å².